The van der Waals surface area contributed by atoms with Gasteiger partial charge in [0.05, 0.1) is 62.7 Å². The summed E-state index contributed by atoms with van der Waals surface area (Å²) in [6.45, 7) is 9.01. The van der Waals surface area contributed by atoms with Gasteiger partial charge in [0, 0.05) is 38.0 Å². The van der Waals surface area contributed by atoms with Crippen molar-refractivity contribution in [3.63, 3.8) is 0 Å². The van der Waals surface area contributed by atoms with Crippen LogP contribution in [0.2, 0.25) is 0 Å². The van der Waals surface area contributed by atoms with Gasteiger partial charge in [-0.3, -0.25) is 0 Å². The van der Waals surface area contributed by atoms with Gasteiger partial charge in [-0.05, 0) is 106 Å². The van der Waals surface area contributed by atoms with Crippen molar-refractivity contribution in [2.24, 2.45) is 0 Å². The highest BCUT2D eigenvalue weighted by Gasteiger charge is 2.24. The van der Waals surface area contributed by atoms with E-state index in [1.54, 1.807) is 0 Å². The van der Waals surface area contributed by atoms with E-state index in [-0.39, 0.29) is 0 Å². The highest BCUT2D eigenvalue weighted by molar-refractivity contribution is 6.22. The Morgan fingerprint density at radius 3 is 1.43 bits per heavy atom. The van der Waals surface area contributed by atoms with E-state index in [9.17, 15) is 5.26 Å². The van der Waals surface area contributed by atoms with E-state index < -0.39 is 0 Å². The Hall–Kier alpha value is -9.16. The Morgan fingerprint density at radius 1 is 0.369 bits per heavy atom. The maximum Gasteiger partial charge on any atom is 0.234 e. The highest BCUT2D eigenvalue weighted by atomic mass is 15.1. The molecule has 0 N–H and O–H groups in total. The Balaban J connectivity index is 1.11. The van der Waals surface area contributed by atoms with Gasteiger partial charge in [-0.2, -0.15) is 5.26 Å². The van der Waals surface area contributed by atoms with E-state index in [1.165, 1.54) is 10.8 Å². The van der Waals surface area contributed by atoms with E-state index >= 15 is 0 Å². The summed E-state index contributed by atoms with van der Waals surface area (Å²) in [6.07, 6.45) is 0. The van der Waals surface area contributed by atoms with Crippen LogP contribution in [0, 0.1) is 17.9 Å². The van der Waals surface area contributed by atoms with Crippen LogP contribution in [0.4, 0.5) is 5.69 Å². The summed E-state index contributed by atoms with van der Waals surface area (Å²) in [5, 5.41) is 19.8. The summed E-state index contributed by atoms with van der Waals surface area (Å²) < 4.78 is 6.75. The van der Waals surface area contributed by atoms with Gasteiger partial charge in [0.15, 0.2) is 0 Å². The third-order valence-electron chi connectivity index (χ3n) is 13.2. The molecule has 0 amide bonds. The zero-order valence-corrected chi connectivity index (χ0v) is 34.9. The SMILES string of the molecule is [C-]#[N+]c1c(-n2c3ccc(-c4ccccc4)cc3c3cc(-c4ccccc4)ccc32)cc(C#N)cc1-n1c2ccc(-n3c4ccccc4c4ccccc43)cc2c2c3ccccc3ccc21. The Labute approximate surface area is 373 Å². The van der Waals surface area contributed by atoms with Crippen molar-refractivity contribution in [2.45, 2.75) is 0 Å². The lowest BCUT2D eigenvalue weighted by molar-refractivity contribution is 1.14. The fourth-order valence-corrected chi connectivity index (χ4v) is 10.4. The highest BCUT2D eigenvalue weighted by Crippen LogP contribution is 2.45. The minimum absolute atomic E-state index is 0.459. The number of rotatable bonds is 5. The largest absolute Gasteiger partial charge is 0.319 e. The molecule has 5 nitrogen and oxygen atoms in total. The van der Waals surface area contributed by atoms with Crippen LogP contribution in [0.25, 0.3) is 120 Å². The summed E-state index contributed by atoms with van der Waals surface area (Å²) in [4.78, 5) is 4.40. The van der Waals surface area contributed by atoms with Gasteiger partial charge in [0.2, 0.25) is 5.69 Å². The van der Waals surface area contributed by atoms with Crippen molar-refractivity contribution < 1.29 is 0 Å². The molecule has 0 unspecified atom stereocenters. The molecule has 13 aromatic rings. The van der Waals surface area contributed by atoms with Gasteiger partial charge in [0.1, 0.15) is 0 Å². The van der Waals surface area contributed by atoms with E-state index in [0.717, 1.165) is 93.4 Å². The number of hydrogen-bond acceptors (Lipinski definition) is 1. The molecular weight excluding hydrogens is 791 g/mol. The number of fused-ring (bicyclic) bond motifs is 11. The summed E-state index contributed by atoms with van der Waals surface area (Å²) in [6, 6.07) is 77.0. The molecule has 0 radical (unpaired) electrons. The van der Waals surface area contributed by atoms with E-state index in [1.807, 2.05) is 24.3 Å². The number of nitriles is 1. The molecule has 300 valence electrons. The van der Waals surface area contributed by atoms with Crippen LogP contribution in [-0.2, 0) is 0 Å². The molecule has 0 spiro atoms. The van der Waals surface area contributed by atoms with Crippen molar-refractivity contribution in [3.8, 4) is 45.4 Å². The molecule has 3 heterocycles. The predicted molar refractivity (Wildman–Crippen MR) is 269 cm³/mol. The van der Waals surface area contributed by atoms with Gasteiger partial charge in [0.25, 0.3) is 0 Å². The summed E-state index contributed by atoms with van der Waals surface area (Å²) in [5.41, 5.74) is 13.9. The molecule has 0 aliphatic heterocycles. The van der Waals surface area contributed by atoms with Gasteiger partial charge in [-0.25, -0.2) is 4.85 Å². The van der Waals surface area contributed by atoms with Gasteiger partial charge < -0.3 is 13.7 Å². The molecule has 0 atom stereocenters. The van der Waals surface area contributed by atoms with Crippen molar-refractivity contribution in [1.82, 2.24) is 13.7 Å². The Morgan fingerprint density at radius 2 is 0.846 bits per heavy atom. The number of aromatic nitrogens is 3. The Bertz CT molecular complexity index is 4040. The van der Waals surface area contributed by atoms with Crippen molar-refractivity contribution in [2.75, 3.05) is 0 Å². The van der Waals surface area contributed by atoms with Crippen molar-refractivity contribution in [1.29, 1.82) is 5.26 Å². The first-order valence-corrected chi connectivity index (χ1v) is 21.8. The second kappa shape index (κ2) is 14.2. The minimum atomic E-state index is 0.459. The van der Waals surface area contributed by atoms with Gasteiger partial charge in [-0.1, -0.05) is 140 Å². The first-order valence-electron chi connectivity index (χ1n) is 21.8. The van der Waals surface area contributed by atoms with Crippen LogP contribution in [0.15, 0.2) is 212 Å². The molecule has 65 heavy (non-hydrogen) atoms. The second-order valence-corrected chi connectivity index (χ2v) is 16.7. The third-order valence-corrected chi connectivity index (χ3v) is 13.2. The zero-order chi connectivity index (χ0) is 43.2. The number of nitrogens with zero attached hydrogens (tertiary/aromatic N) is 5. The van der Waals surface area contributed by atoms with Crippen LogP contribution in [0.5, 0.6) is 0 Å². The maximum atomic E-state index is 10.8. The minimum Gasteiger partial charge on any atom is -0.319 e. The molecule has 10 aromatic carbocycles. The smallest absolute Gasteiger partial charge is 0.234 e. The average molecular weight is 826 g/mol. The van der Waals surface area contributed by atoms with Crippen molar-refractivity contribution >= 4 is 81.9 Å². The van der Waals surface area contributed by atoms with Gasteiger partial charge >= 0.3 is 0 Å². The lowest BCUT2D eigenvalue weighted by Crippen LogP contribution is -2.01. The monoisotopic (exact) mass is 825 g/mol. The molecule has 0 saturated carbocycles. The molecule has 13 rings (SSSR count). The van der Waals surface area contributed by atoms with Crippen LogP contribution in [0.1, 0.15) is 5.56 Å². The maximum absolute atomic E-state index is 10.8. The third kappa shape index (κ3) is 5.44. The summed E-state index contributed by atoms with van der Waals surface area (Å²) in [7, 11) is 0. The van der Waals surface area contributed by atoms with E-state index in [2.05, 4.69) is 213 Å². The fourth-order valence-electron chi connectivity index (χ4n) is 10.4. The predicted octanol–water partition coefficient (Wildman–Crippen LogP) is 15.9. The number of hydrogen-bond donors (Lipinski definition) is 0. The summed E-state index contributed by atoms with van der Waals surface area (Å²) in [5.74, 6) is 0. The molecule has 0 bridgehead atoms. The van der Waals surface area contributed by atoms with E-state index in [0.29, 0.717) is 22.6 Å². The lowest BCUT2D eigenvalue weighted by Gasteiger charge is -2.17. The van der Waals surface area contributed by atoms with Gasteiger partial charge in [-0.15, -0.1) is 0 Å². The Kier molecular flexibility index (Phi) is 7.97. The molecule has 0 aliphatic rings. The fraction of sp³-hybridized carbons (Fsp3) is 0. The van der Waals surface area contributed by atoms with Crippen LogP contribution in [-0.4, -0.2) is 13.7 Å². The van der Waals surface area contributed by atoms with Crippen LogP contribution < -0.4 is 0 Å². The standard InChI is InChI=1S/C60H35N5/c1-62-60-57(64-53-28-25-42(39-14-4-2-5-15-39)34-48(53)49-35-43(26-29-54(49)64)40-16-6-3-7-17-40)32-38(37-61)33-58(60)65-55-31-27-44(36-50(55)59-45-19-9-8-18-41(45)24-30-56(59)65)63-51-22-12-10-20-46(51)47-21-11-13-23-52(47)63/h2-36H. The second-order valence-electron chi connectivity index (χ2n) is 16.7. The topological polar surface area (TPSA) is 42.9 Å². The first kappa shape index (κ1) is 36.5. The first-order chi connectivity index (χ1) is 32.2. The van der Waals surface area contributed by atoms with Crippen LogP contribution in [0.3, 0.4) is 0 Å². The quantitative estimate of drug-likeness (QED) is 0.159. The van der Waals surface area contributed by atoms with E-state index in [4.69, 9.17) is 6.57 Å². The lowest BCUT2D eigenvalue weighted by atomic mass is 10.0. The summed E-state index contributed by atoms with van der Waals surface area (Å²) >= 11 is 0. The molecule has 0 saturated heterocycles. The number of benzene rings is 10. The molecule has 3 aromatic heterocycles. The van der Waals surface area contributed by atoms with Crippen LogP contribution >= 0.6 is 0 Å². The average Bonchev–Trinajstić information content (AvgIpc) is 4.01. The molecule has 0 aliphatic carbocycles. The molecular formula is C60H35N5. The van der Waals surface area contributed by atoms with Crippen molar-refractivity contribution in [3.05, 3.63) is 229 Å². The number of para-hydroxylation sites is 2. The molecule has 5 heteroatoms. The molecule has 0 fully saturated rings. The normalized spacial score (nSPS) is 11.7. The zero-order valence-electron chi connectivity index (χ0n) is 34.9.